The molecule has 2 heterocycles. The van der Waals surface area contributed by atoms with Crippen molar-refractivity contribution in [2.45, 2.75) is 32.2 Å². The molecule has 0 aromatic rings. The van der Waals surface area contributed by atoms with E-state index < -0.39 is 17.9 Å². The van der Waals surface area contributed by atoms with Crippen LogP contribution < -0.4 is 5.32 Å². The van der Waals surface area contributed by atoms with Crippen molar-refractivity contribution in [1.82, 2.24) is 15.1 Å². The lowest BCUT2D eigenvalue weighted by Crippen LogP contribution is -2.61. The summed E-state index contributed by atoms with van der Waals surface area (Å²) in [6, 6.07) is -0.538. The number of amides is 3. The van der Waals surface area contributed by atoms with Crippen molar-refractivity contribution < 1.29 is 19.5 Å². The number of piperidine rings is 1. The molecule has 0 aromatic carbocycles. The molecule has 2 rings (SSSR count). The summed E-state index contributed by atoms with van der Waals surface area (Å²) in [6.45, 7) is 3.18. The minimum Gasteiger partial charge on any atom is -0.481 e. The van der Waals surface area contributed by atoms with Crippen molar-refractivity contribution in [1.29, 1.82) is 0 Å². The molecule has 0 bridgehead atoms. The number of carboxylic acid groups (broad SMARTS) is 1. The van der Waals surface area contributed by atoms with Gasteiger partial charge in [-0.2, -0.15) is 0 Å². The van der Waals surface area contributed by atoms with Crippen LogP contribution >= 0.6 is 0 Å². The van der Waals surface area contributed by atoms with E-state index in [1.807, 2.05) is 0 Å². The normalized spacial score (nSPS) is 24.2. The number of carbonyl (C=O) groups is 3. The van der Waals surface area contributed by atoms with Gasteiger partial charge in [-0.3, -0.25) is 9.59 Å². The zero-order chi connectivity index (χ0) is 15.6. The highest BCUT2D eigenvalue weighted by Gasteiger charge is 2.41. The number of likely N-dealkylation sites (N-methyl/N-ethyl adjacent to an activating group) is 1. The molecular formula is C14H23N3O4. The number of hydrogen-bond acceptors (Lipinski definition) is 3. The minimum absolute atomic E-state index is 0.00897. The number of aliphatic carboxylic acids is 1. The molecule has 2 saturated heterocycles. The highest BCUT2D eigenvalue weighted by Crippen LogP contribution is 2.27. The number of nitrogens with one attached hydrogen (secondary N) is 1. The third kappa shape index (κ3) is 3.11. The lowest BCUT2D eigenvalue weighted by Gasteiger charge is -2.45. The minimum atomic E-state index is -0.826. The van der Waals surface area contributed by atoms with Crippen LogP contribution in [-0.2, 0) is 9.59 Å². The second-order valence-corrected chi connectivity index (χ2v) is 5.89. The fourth-order valence-electron chi connectivity index (χ4n) is 2.97. The predicted octanol–water partition coefficient (Wildman–Crippen LogP) is 0.359. The smallest absolute Gasteiger partial charge is 0.320 e. The van der Waals surface area contributed by atoms with E-state index >= 15 is 0 Å². The number of carboxylic acids is 1. The highest BCUT2D eigenvalue weighted by atomic mass is 16.4. The lowest BCUT2D eigenvalue weighted by atomic mass is 9.87. The van der Waals surface area contributed by atoms with Gasteiger partial charge in [0.05, 0.1) is 5.92 Å². The van der Waals surface area contributed by atoms with Crippen molar-refractivity contribution in [2.24, 2.45) is 11.8 Å². The average Bonchev–Trinajstić information content (AvgIpc) is 2.44. The molecule has 2 aliphatic rings. The molecule has 0 aromatic heterocycles. The second kappa shape index (κ2) is 6.32. The first-order chi connectivity index (χ1) is 9.95. The molecule has 7 nitrogen and oxygen atoms in total. The third-order valence-corrected chi connectivity index (χ3v) is 4.57. The van der Waals surface area contributed by atoms with Gasteiger partial charge >= 0.3 is 12.0 Å². The van der Waals surface area contributed by atoms with E-state index in [1.165, 1.54) is 0 Å². The summed E-state index contributed by atoms with van der Waals surface area (Å²) in [5.74, 6) is -1.38. The maximum atomic E-state index is 12.5. The summed E-state index contributed by atoms with van der Waals surface area (Å²) in [6.07, 6.45) is 2.54. The van der Waals surface area contributed by atoms with E-state index in [9.17, 15) is 14.4 Å². The quantitative estimate of drug-likeness (QED) is 0.787. The van der Waals surface area contributed by atoms with Gasteiger partial charge in [-0.1, -0.05) is 6.92 Å². The Kier molecular flexibility index (Phi) is 4.69. The van der Waals surface area contributed by atoms with Gasteiger partial charge in [0.2, 0.25) is 5.91 Å². The summed E-state index contributed by atoms with van der Waals surface area (Å²) in [5, 5.41) is 11.6. The van der Waals surface area contributed by atoms with Crippen LogP contribution in [0.4, 0.5) is 4.79 Å². The van der Waals surface area contributed by atoms with Gasteiger partial charge < -0.3 is 20.2 Å². The number of nitrogens with zero attached hydrogens (tertiary/aromatic N) is 2. The number of rotatable bonds is 3. The van der Waals surface area contributed by atoms with Crippen molar-refractivity contribution in [3.63, 3.8) is 0 Å². The number of urea groups is 1. The zero-order valence-electron chi connectivity index (χ0n) is 12.5. The molecule has 0 spiro atoms. The molecular weight excluding hydrogens is 274 g/mol. The van der Waals surface area contributed by atoms with E-state index in [1.54, 1.807) is 23.8 Å². The molecule has 0 saturated carbocycles. The van der Waals surface area contributed by atoms with Gasteiger partial charge in [0.25, 0.3) is 0 Å². The molecule has 118 valence electrons. The Hall–Kier alpha value is -1.79. The first kappa shape index (κ1) is 15.6. The Labute approximate surface area is 124 Å². The monoisotopic (exact) mass is 297 g/mol. The standard InChI is InChI=1S/C14H23N3O4/c1-9(13(19)20)10-7-16(8-10)14(21)17-6-4-3-5-11(17)12(18)15-2/h9-11H,3-8H2,1-2H3,(H,15,18)(H,19,20). The van der Waals surface area contributed by atoms with Gasteiger partial charge in [-0.25, -0.2) is 4.79 Å². The van der Waals surface area contributed by atoms with Gasteiger partial charge in [0, 0.05) is 32.6 Å². The van der Waals surface area contributed by atoms with Crippen molar-refractivity contribution in [3.05, 3.63) is 0 Å². The summed E-state index contributed by atoms with van der Waals surface area (Å²) in [7, 11) is 1.58. The molecule has 2 aliphatic heterocycles. The molecule has 7 heteroatoms. The Balaban J connectivity index is 1.94. The van der Waals surface area contributed by atoms with Gasteiger partial charge in [-0.05, 0) is 19.3 Å². The number of carbonyl (C=O) groups excluding carboxylic acids is 2. The molecule has 2 fully saturated rings. The van der Waals surface area contributed by atoms with E-state index in [-0.39, 0.29) is 17.9 Å². The summed E-state index contributed by atoms with van der Waals surface area (Å²) in [5.41, 5.74) is 0. The maximum absolute atomic E-state index is 12.5. The van der Waals surface area contributed by atoms with Crippen LogP contribution in [0.1, 0.15) is 26.2 Å². The molecule has 2 N–H and O–H groups in total. The summed E-state index contributed by atoms with van der Waals surface area (Å²) < 4.78 is 0. The van der Waals surface area contributed by atoms with Crippen LogP contribution in [0.2, 0.25) is 0 Å². The Morgan fingerprint density at radius 2 is 1.90 bits per heavy atom. The van der Waals surface area contributed by atoms with Crippen LogP contribution in [0.15, 0.2) is 0 Å². The topological polar surface area (TPSA) is 90.0 Å². The van der Waals surface area contributed by atoms with Crippen LogP contribution in [0, 0.1) is 11.8 Å². The lowest BCUT2D eigenvalue weighted by molar-refractivity contribution is -0.145. The first-order valence-corrected chi connectivity index (χ1v) is 7.45. The zero-order valence-corrected chi connectivity index (χ0v) is 12.5. The largest absolute Gasteiger partial charge is 0.481 e. The van der Waals surface area contributed by atoms with Crippen molar-refractivity contribution in [2.75, 3.05) is 26.7 Å². The highest BCUT2D eigenvalue weighted by molar-refractivity contribution is 5.87. The summed E-state index contributed by atoms with van der Waals surface area (Å²) in [4.78, 5) is 38.5. The SMILES string of the molecule is CNC(=O)C1CCCCN1C(=O)N1CC(C(C)C(=O)O)C1. The Morgan fingerprint density at radius 1 is 1.24 bits per heavy atom. The van der Waals surface area contributed by atoms with E-state index in [4.69, 9.17) is 5.11 Å². The van der Waals surface area contributed by atoms with Gasteiger partial charge in [-0.15, -0.1) is 0 Å². The maximum Gasteiger partial charge on any atom is 0.320 e. The predicted molar refractivity (Wildman–Crippen MR) is 75.7 cm³/mol. The van der Waals surface area contributed by atoms with Gasteiger partial charge in [0.15, 0.2) is 0 Å². The first-order valence-electron chi connectivity index (χ1n) is 7.45. The van der Waals surface area contributed by atoms with Crippen LogP contribution in [-0.4, -0.2) is 65.5 Å². The number of likely N-dealkylation sites (tertiary alicyclic amines) is 2. The molecule has 2 unspecified atom stereocenters. The van der Waals surface area contributed by atoms with Crippen LogP contribution in [0.3, 0.4) is 0 Å². The van der Waals surface area contributed by atoms with E-state index in [0.717, 1.165) is 12.8 Å². The molecule has 3 amide bonds. The third-order valence-electron chi connectivity index (χ3n) is 4.57. The summed E-state index contributed by atoms with van der Waals surface area (Å²) >= 11 is 0. The second-order valence-electron chi connectivity index (χ2n) is 5.89. The van der Waals surface area contributed by atoms with Crippen molar-refractivity contribution >= 4 is 17.9 Å². The number of hydrogen-bond donors (Lipinski definition) is 2. The molecule has 21 heavy (non-hydrogen) atoms. The van der Waals surface area contributed by atoms with E-state index in [2.05, 4.69) is 5.32 Å². The van der Waals surface area contributed by atoms with Crippen LogP contribution in [0.25, 0.3) is 0 Å². The van der Waals surface area contributed by atoms with E-state index in [0.29, 0.717) is 26.1 Å². The Morgan fingerprint density at radius 3 is 2.48 bits per heavy atom. The van der Waals surface area contributed by atoms with Crippen molar-refractivity contribution in [3.8, 4) is 0 Å². The molecule has 2 atom stereocenters. The molecule has 0 radical (unpaired) electrons. The fraction of sp³-hybridized carbons (Fsp3) is 0.786. The molecule has 0 aliphatic carbocycles. The van der Waals surface area contributed by atoms with Gasteiger partial charge in [0.1, 0.15) is 6.04 Å². The fourth-order valence-corrected chi connectivity index (χ4v) is 2.97. The van der Waals surface area contributed by atoms with Crippen LogP contribution in [0.5, 0.6) is 0 Å². The Bertz CT molecular complexity index is 434. The average molecular weight is 297 g/mol.